The highest BCUT2D eigenvalue weighted by Gasteiger charge is 2.14. The van der Waals surface area contributed by atoms with E-state index in [1.807, 2.05) is 0 Å². The van der Waals surface area contributed by atoms with Gasteiger partial charge in [0.25, 0.3) is 0 Å². The Bertz CT molecular complexity index is 561. The van der Waals surface area contributed by atoms with E-state index in [9.17, 15) is 9.59 Å². The van der Waals surface area contributed by atoms with E-state index in [2.05, 4.69) is 21.2 Å². The molecule has 0 aromatic heterocycles. The average molecular weight is 356 g/mol. The first-order valence-electron chi connectivity index (χ1n) is 6.34. The fraction of sp³-hybridized carbons (Fsp3) is 0.333. The van der Waals surface area contributed by atoms with Crippen molar-refractivity contribution in [1.29, 1.82) is 0 Å². The highest BCUT2D eigenvalue weighted by atomic mass is 79.9. The first kappa shape index (κ1) is 17.2. The molecule has 0 spiro atoms. The van der Waals surface area contributed by atoms with Crippen LogP contribution < -0.4 is 5.32 Å². The van der Waals surface area contributed by atoms with Crippen molar-refractivity contribution in [2.24, 2.45) is 0 Å². The highest BCUT2D eigenvalue weighted by molar-refractivity contribution is 9.10. The Hall–Kier alpha value is -1.82. The maximum absolute atomic E-state index is 11.4. The highest BCUT2D eigenvalue weighted by Crippen LogP contribution is 2.17. The van der Waals surface area contributed by atoms with Crippen LogP contribution in [0.15, 0.2) is 28.7 Å². The number of rotatable bonds is 4. The Labute approximate surface area is 132 Å². The van der Waals surface area contributed by atoms with E-state index < -0.39 is 17.7 Å². The summed E-state index contributed by atoms with van der Waals surface area (Å²) in [5.41, 5.74) is 0.394. The standard InChI is InChI=1S/C15H18BrNO4/c1-15(2,3)21-14(20)17-6-4-5-10-7-11(13(18)19)9-12(16)8-10/h4-5,7-9H,6H2,1-3H3,(H,17,20)(H,18,19). The molecule has 0 bridgehead atoms. The third kappa shape index (κ3) is 6.94. The molecule has 1 aromatic carbocycles. The molecule has 0 fully saturated rings. The van der Waals surface area contributed by atoms with Crippen molar-refractivity contribution < 1.29 is 19.4 Å². The lowest BCUT2D eigenvalue weighted by atomic mass is 10.1. The zero-order valence-electron chi connectivity index (χ0n) is 12.1. The van der Waals surface area contributed by atoms with Crippen LogP contribution in [0.4, 0.5) is 4.79 Å². The third-order valence-corrected chi connectivity index (χ3v) is 2.70. The van der Waals surface area contributed by atoms with Gasteiger partial charge in [0.05, 0.1) is 5.56 Å². The van der Waals surface area contributed by atoms with E-state index in [4.69, 9.17) is 9.84 Å². The number of carbonyl (C=O) groups excluding carboxylic acids is 1. The molecule has 0 atom stereocenters. The van der Waals surface area contributed by atoms with Gasteiger partial charge in [-0.05, 0) is 44.5 Å². The molecule has 1 aromatic rings. The summed E-state index contributed by atoms with van der Waals surface area (Å²) in [5, 5.41) is 11.6. The zero-order chi connectivity index (χ0) is 16.0. The van der Waals surface area contributed by atoms with Crippen molar-refractivity contribution >= 4 is 34.1 Å². The second-order valence-corrected chi connectivity index (χ2v) is 6.28. The fourth-order valence-electron chi connectivity index (χ4n) is 1.48. The van der Waals surface area contributed by atoms with E-state index >= 15 is 0 Å². The van der Waals surface area contributed by atoms with Gasteiger partial charge in [-0.3, -0.25) is 0 Å². The number of nitrogens with one attached hydrogen (secondary N) is 1. The lowest BCUT2D eigenvalue weighted by Crippen LogP contribution is -2.32. The summed E-state index contributed by atoms with van der Waals surface area (Å²) in [5.74, 6) is -0.988. The monoisotopic (exact) mass is 355 g/mol. The van der Waals surface area contributed by atoms with Crippen LogP contribution in [0, 0.1) is 0 Å². The van der Waals surface area contributed by atoms with Gasteiger partial charge in [-0.2, -0.15) is 0 Å². The average Bonchev–Trinajstić information content (AvgIpc) is 2.31. The summed E-state index contributed by atoms with van der Waals surface area (Å²) in [4.78, 5) is 22.4. The Kier molecular flexibility index (Phi) is 5.96. The molecule has 2 N–H and O–H groups in total. The van der Waals surface area contributed by atoms with E-state index in [0.717, 1.165) is 5.56 Å². The Morgan fingerprint density at radius 3 is 2.57 bits per heavy atom. The number of hydrogen-bond donors (Lipinski definition) is 2. The molecule has 0 heterocycles. The van der Waals surface area contributed by atoms with E-state index in [0.29, 0.717) is 11.0 Å². The van der Waals surface area contributed by atoms with Crippen LogP contribution in [0.3, 0.4) is 0 Å². The van der Waals surface area contributed by atoms with Gasteiger partial charge >= 0.3 is 12.1 Å². The molecule has 5 nitrogen and oxygen atoms in total. The number of carbonyl (C=O) groups is 2. The zero-order valence-corrected chi connectivity index (χ0v) is 13.7. The molecular formula is C15H18BrNO4. The second kappa shape index (κ2) is 7.26. The smallest absolute Gasteiger partial charge is 0.407 e. The van der Waals surface area contributed by atoms with Crippen LogP contribution in [0.1, 0.15) is 36.7 Å². The molecule has 0 aliphatic heterocycles. The normalized spacial score (nSPS) is 11.4. The van der Waals surface area contributed by atoms with Crippen LogP contribution in [-0.2, 0) is 4.74 Å². The van der Waals surface area contributed by atoms with Crippen LogP contribution >= 0.6 is 15.9 Å². The molecule has 0 aliphatic rings. The first-order valence-corrected chi connectivity index (χ1v) is 7.14. The molecule has 0 saturated carbocycles. The predicted octanol–water partition coefficient (Wildman–Crippen LogP) is 3.69. The minimum absolute atomic E-state index is 0.198. The minimum Gasteiger partial charge on any atom is -0.478 e. The summed E-state index contributed by atoms with van der Waals surface area (Å²) < 4.78 is 5.77. The van der Waals surface area contributed by atoms with Crippen LogP contribution in [0.2, 0.25) is 0 Å². The molecule has 1 amide bonds. The van der Waals surface area contributed by atoms with Gasteiger partial charge in [-0.1, -0.05) is 28.1 Å². The SMILES string of the molecule is CC(C)(C)OC(=O)NCC=Cc1cc(Br)cc(C(=O)O)c1. The molecule has 6 heteroatoms. The summed E-state index contributed by atoms with van der Waals surface area (Å²) in [6.07, 6.45) is 2.96. The van der Waals surface area contributed by atoms with Gasteiger partial charge in [0.2, 0.25) is 0 Å². The molecule has 114 valence electrons. The Morgan fingerprint density at radius 2 is 2.00 bits per heavy atom. The number of halogens is 1. The van der Waals surface area contributed by atoms with Gasteiger partial charge in [0.15, 0.2) is 0 Å². The second-order valence-electron chi connectivity index (χ2n) is 5.36. The molecule has 21 heavy (non-hydrogen) atoms. The number of carboxylic acid groups (broad SMARTS) is 1. The Morgan fingerprint density at radius 1 is 1.33 bits per heavy atom. The summed E-state index contributed by atoms with van der Waals surface area (Å²) in [6, 6.07) is 4.87. The number of ether oxygens (including phenoxy) is 1. The van der Waals surface area contributed by atoms with Crippen molar-refractivity contribution in [3.8, 4) is 0 Å². The maximum atomic E-state index is 11.4. The van der Waals surface area contributed by atoms with Gasteiger partial charge < -0.3 is 15.2 Å². The van der Waals surface area contributed by atoms with Crippen LogP contribution in [0.25, 0.3) is 6.08 Å². The summed E-state index contributed by atoms with van der Waals surface area (Å²) >= 11 is 3.26. The topological polar surface area (TPSA) is 75.6 Å². The van der Waals surface area contributed by atoms with E-state index in [1.165, 1.54) is 6.07 Å². The van der Waals surface area contributed by atoms with Gasteiger partial charge in [0, 0.05) is 11.0 Å². The predicted molar refractivity (Wildman–Crippen MR) is 84.4 cm³/mol. The van der Waals surface area contributed by atoms with Crippen LogP contribution in [0.5, 0.6) is 0 Å². The number of hydrogen-bond acceptors (Lipinski definition) is 3. The molecule has 1 rings (SSSR count). The lowest BCUT2D eigenvalue weighted by Gasteiger charge is -2.19. The van der Waals surface area contributed by atoms with Gasteiger partial charge in [0.1, 0.15) is 5.60 Å². The van der Waals surface area contributed by atoms with Crippen molar-refractivity contribution in [2.45, 2.75) is 26.4 Å². The Balaban J connectivity index is 2.58. The van der Waals surface area contributed by atoms with Crippen LogP contribution in [-0.4, -0.2) is 29.3 Å². The molecule has 0 aliphatic carbocycles. The fourth-order valence-corrected chi connectivity index (χ4v) is 1.99. The molecule has 0 radical (unpaired) electrons. The third-order valence-electron chi connectivity index (χ3n) is 2.24. The van der Waals surface area contributed by atoms with Gasteiger partial charge in [-0.25, -0.2) is 9.59 Å². The molecular weight excluding hydrogens is 338 g/mol. The number of amides is 1. The first-order chi connectivity index (χ1) is 9.67. The van der Waals surface area contributed by atoms with Crippen molar-refractivity contribution in [2.75, 3.05) is 6.54 Å². The summed E-state index contributed by atoms with van der Waals surface area (Å²) in [6.45, 7) is 5.66. The van der Waals surface area contributed by atoms with Crippen molar-refractivity contribution in [3.63, 3.8) is 0 Å². The number of aromatic carboxylic acids is 1. The van der Waals surface area contributed by atoms with Crippen molar-refractivity contribution in [3.05, 3.63) is 39.9 Å². The largest absolute Gasteiger partial charge is 0.478 e. The van der Waals surface area contributed by atoms with E-state index in [-0.39, 0.29) is 5.56 Å². The minimum atomic E-state index is -0.988. The maximum Gasteiger partial charge on any atom is 0.407 e. The quantitative estimate of drug-likeness (QED) is 0.863. The number of carboxylic acids is 1. The van der Waals surface area contributed by atoms with E-state index in [1.54, 1.807) is 45.1 Å². The molecule has 0 unspecified atom stereocenters. The molecule has 0 saturated heterocycles. The lowest BCUT2D eigenvalue weighted by molar-refractivity contribution is 0.0533. The number of benzene rings is 1. The van der Waals surface area contributed by atoms with Gasteiger partial charge in [-0.15, -0.1) is 0 Å². The number of alkyl carbamates (subject to hydrolysis) is 1. The van der Waals surface area contributed by atoms with Crippen molar-refractivity contribution in [1.82, 2.24) is 5.32 Å². The summed E-state index contributed by atoms with van der Waals surface area (Å²) in [7, 11) is 0.